The van der Waals surface area contributed by atoms with Gasteiger partial charge in [0.2, 0.25) is 5.95 Å². The van der Waals surface area contributed by atoms with Crippen LogP contribution in [0.3, 0.4) is 0 Å². The Balaban J connectivity index is 2.23. The van der Waals surface area contributed by atoms with Gasteiger partial charge < -0.3 is 0 Å². The maximum absolute atomic E-state index is 11.9. The summed E-state index contributed by atoms with van der Waals surface area (Å²) in [7, 11) is -2.32. The van der Waals surface area contributed by atoms with E-state index in [-0.39, 0.29) is 0 Å². The molecule has 1 aromatic carbocycles. The highest BCUT2D eigenvalue weighted by molar-refractivity contribution is 7.92. The molecule has 23 heavy (non-hydrogen) atoms. The lowest BCUT2D eigenvalue weighted by Crippen LogP contribution is -2.02. The molecule has 0 unspecified atom stereocenters. The number of nitrogens with zero attached hydrogens (tertiary/aromatic N) is 6. The molecule has 0 saturated heterocycles. The Hall–Kier alpha value is -2.79. The third-order valence-corrected chi connectivity index (χ3v) is 3.66. The monoisotopic (exact) mass is 326 g/mol. The molecule has 0 atom stereocenters. The number of nitriles is 1. The normalized spacial score (nSPS) is 11.4. The molecule has 0 aliphatic carbocycles. The standard InChI is InChI=1S/C15H14N6OS/c1-10-6-14(20-23(2,3)22)19-15(18-10)21-9-17-12-5-4-11(8-16)7-13(12)21/h4-7,9H,1-3H3. The molecule has 116 valence electrons. The Morgan fingerprint density at radius 3 is 2.74 bits per heavy atom. The highest BCUT2D eigenvalue weighted by Gasteiger charge is 2.10. The molecule has 0 radical (unpaired) electrons. The van der Waals surface area contributed by atoms with Gasteiger partial charge in [0.1, 0.15) is 6.33 Å². The van der Waals surface area contributed by atoms with Crippen molar-refractivity contribution in [3.63, 3.8) is 0 Å². The van der Waals surface area contributed by atoms with Gasteiger partial charge in [-0.2, -0.15) is 14.6 Å². The lowest BCUT2D eigenvalue weighted by Gasteiger charge is -2.05. The van der Waals surface area contributed by atoms with Gasteiger partial charge in [-0.3, -0.25) is 4.57 Å². The average molecular weight is 326 g/mol. The van der Waals surface area contributed by atoms with Crippen LogP contribution in [0.2, 0.25) is 0 Å². The summed E-state index contributed by atoms with van der Waals surface area (Å²) in [4.78, 5) is 13.0. The Labute approximate surface area is 133 Å². The van der Waals surface area contributed by atoms with Gasteiger partial charge in [-0.25, -0.2) is 14.2 Å². The van der Waals surface area contributed by atoms with Gasteiger partial charge in [0, 0.05) is 34.0 Å². The number of benzene rings is 1. The van der Waals surface area contributed by atoms with E-state index in [2.05, 4.69) is 25.4 Å². The van der Waals surface area contributed by atoms with E-state index in [9.17, 15) is 4.21 Å². The van der Waals surface area contributed by atoms with E-state index in [0.29, 0.717) is 23.0 Å². The first-order chi connectivity index (χ1) is 10.9. The number of imidazole rings is 1. The molecule has 0 bridgehead atoms. The minimum Gasteiger partial charge on any atom is -0.267 e. The molecule has 0 aliphatic rings. The van der Waals surface area contributed by atoms with Crippen molar-refractivity contribution in [3.05, 3.63) is 41.9 Å². The first-order valence-electron chi connectivity index (χ1n) is 6.76. The van der Waals surface area contributed by atoms with Crippen molar-refractivity contribution < 1.29 is 4.21 Å². The Morgan fingerprint density at radius 2 is 2.04 bits per heavy atom. The van der Waals surface area contributed by atoms with Gasteiger partial charge in [-0.05, 0) is 25.1 Å². The third kappa shape index (κ3) is 3.19. The topological polar surface area (TPSA) is 96.8 Å². The van der Waals surface area contributed by atoms with Crippen LogP contribution in [0.15, 0.2) is 35.0 Å². The summed E-state index contributed by atoms with van der Waals surface area (Å²) in [6.07, 6.45) is 4.70. The van der Waals surface area contributed by atoms with Crippen molar-refractivity contribution in [2.75, 3.05) is 12.5 Å². The van der Waals surface area contributed by atoms with Crippen LogP contribution in [-0.4, -0.2) is 36.2 Å². The van der Waals surface area contributed by atoms with Crippen LogP contribution in [0.5, 0.6) is 0 Å². The van der Waals surface area contributed by atoms with Crippen LogP contribution < -0.4 is 0 Å². The number of aromatic nitrogens is 4. The summed E-state index contributed by atoms with van der Waals surface area (Å²) < 4.78 is 17.7. The van der Waals surface area contributed by atoms with Crippen molar-refractivity contribution in [3.8, 4) is 12.0 Å². The van der Waals surface area contributed by atoms with Gasteiger partial charge >= 0.3 is 0 Å². The number of rotatable bonds is 2. The Kier molecular flexibility index (Phi) is 3.58. The van der Waals surface area contributed by atoms with Crippen LogP contribution in [0, 0.1) is 18.3 Å². The zero-order valence-electron chi connectivity index (χ0n) is 12.9. The fraction of sp³-hybridized carbons (Fsp3) is 0.200. The summed E-state index contributed by atoms with van der Waals surface area (Å²) in [5, 5.41) is 9.05. The summed E-state index contributed by atoms with van der Waals surface area (Å²) in [6.45, 7) is 1.82. The SMILES string of the molecule is Cc1cc(N=S(C)(C)=O)nc(-n2cnc3ccc(C#N)cc32)n1. The fourth-order valence-corrected chi connectivity index (χ4v) is 2.70. The second-order valence-corrected chi connectivity index (χ2v) is 7.92. The molecular formula is C15H14N6OS. The van der Waals surface area contributed by atoms with E-state index in [0.717, 1.165) is 11.0 Å². The van der Waals surface area contributed by atoms with Crippen molar-refractivity contribution in [1.29, 1.82) is 5.26 Å². The molecule has 3 aromatic rings. The lowest BCUT2D eigenvalue weighted by molar-refractivity contribution is 0.684. The predicted molar refractivity (Wildman–Crippen MR) is 88.2 cm³/mol. The molecule has 3 rings (SSSR count). The maximum atomic E-state index is 11.9. The zero-order chi connectivity index (χ0) is 16.6. The highest BCUT2D eigenvalue weighted by Crippen LogP contribution is 2.20. The minimum atomic E-state index is -2.32. The lowest BCUT2D eigenvalue weighted by atomic mass is 10.2. The van der Waals surface area contributed by atoms with Crippen LogP contribution in [0.4, 0.5) is 5.82 Å². The van der Waals surface area contributed by atoms with E-state index >= 15 is 0 Å². The van der Waals surface area contributed by atoms with E-state index in [1.807, 2.05) is 6.92 Å². The molecule has 0 aliphatic heterocycles. The zero-order valence-corrected chi connectivity index (χ0v) is 13.7. The summed E-state index contributed by atoms with van der Waals surface area (Å²) >= 11 is 0. The van der Waals surface area contributed by atoms with E-state index < -0.39 is 9.73 Å². The van der Waals surface area contributed by atoms with E-state index in [1.165, 1.54) is 0 Å². The molecular weight excluding hydrogens is 312 g/mol. The maximum Gasteiger partial charge on any atom is 0.237 e. The van der Waals surface area contributed by atoms with Crippen LogP contribution in [0.25, 0.3) is 17.0 Å². The van der Waals surface area contributed by atoms with Gasteiger partial charge in [-0.15, -0.1) is 0 Å². The van der Waals surface area contributed by atoms with Gasteiger partial charge in [0.15, 0.2) is 5.82 Å². The first kappa shape index (κ1) is 15.1. The Morgan fingerprint density at radius 1 is 1.26 bits per heavy atom. The molecule has 0 amide bonds. The quantitative estimate of drug-likeness (QED) is 0.720. The molecule has 8 heteroatoms. The molecule has 7 nitrogen and oxygen atoms in total. The summed E-state index contributed by atoms with van der Waals surface area (Å²) in [6, 6.07) is 8.99. The smallest absolute Gasteiger partial charge is 0.237 e. The van der Waals surface area contributed by atoms with Gasteiger partial charge in [0.25, 0.3) is 0 Å². The molecule has 2 aromatic heterocycles. The average Bonchev–Trinajstić information content (AvgIpc) is 2.87. The molecule has 2 heterocycles. The minimum absolute atomic E-state index is 0.362. The first-order valence-corrected chi connectivity index (χ1v) is 9.09. The summed E-state index contributed by atoms with van der Waals surface area (Å²) in [5.41, 5.74) is 2.70. The number of hydrogen-bond donors (Lipinski definition) is 0. The van der Waals surface area contributed by atoms with Crippen LogP contribution in [0.1, 0.15) is 11.3 Å². The number of hydrogen-bond acceptors (Lipinski definition) is 6. The summed E-state index contributed by atoms with van der Waals surface area (Å²) in [5.74, 6) is 0.741. The predicted octanol–water partition coefficient (Wildman–Crippen LogP) is 2.35. The molecule has 0 spiro atoms. The number of fused-ring (bicyclic) bond motifs is 1. The Bertz CT molecular complexity index is 1060. The van der Waals surface area contributed by atoms with Gasteiger partial charge in [-0.1, -0.05) is 0 Å². The van der Waals surface area contributed by atoms with Crippen molar-refractivity contribution >= 4 is 26.6 Å². The highest BCUT2D eigenvalue weighted by atomic mass is 32.2. The third-order valence-electron chi connectivity index (χ3n) is 3.03. The number of aryl methyl sites for hydroxylation is 1. The van der Waals surface area contributed by atoms with Crippen LogP contribution >= 0.6 is 0 Å². The van der Waals surface area contributed by atoms with Crippen molar-refractivity contribution in [1.82, 2.24) is 19.5 Å². The van der Waals surface area contributed by atoms with Crippen molar-refractivity contribution in [2.24, 2.45) is 4.36 Å². The van der Waals surface area contributed by atoms with Crippen LogP contribution in [-0.2, 0) is 9.73 Å². The molecule has 0 fully saturated rings. The van der Waals surface area contributed by atoms with Crippen molar-refractivity contribution in [2.45, 2.75) is 6.92 Å². The fourth-order valence-electron chi connectivity index (χ4n) is 2.15. The second kappa shape index (κ2) is 5.44. The molecule has 0 saturated carbocycles. The largest absolute Gasteiger partial charge is 0.267 e. The molecule has 0 N–H and O–H groups in total. The van der Waals surface area contributed by atoms with E-state index in [4.69, 9.17) is 5.26 Å². The second-order valence-electron chi connectivity index (χ2n) is 5.37. The van der Waals surface area contributed by atoms with E-state index in [1.54, 1.807) is 47.7 Å². The van der Waals surface area contributed by atoms with Gasteiger partial charge in [0.05, 0.1) is 22.7 Å².